The molecule has 7 heteroatoms. The van der Waals surface area contributed by atoms with Crippen molar-refractivity contribution >= 4 is 17.3 Å². The first-order chi connectivity index (χ1) is 6.75. The molecule has 0 N–H and O–H groups in total. The summed E-state index contributed by atoms with van der Waals surface area (Å²) in [5.41, 5.74) is -2.22. The van der Waals surface area contributed by atoms with Crippen LogP contribution in [0.1, 0.15) is 11.1 Å². The van der Waals surface area contributed by atoms with E-state index < -0.39 is 32.9 Å². The van der Waals surface area contributed by atoms with E-state index in [0.29, 0.717) is 0 Å². The van der Waals surface area contributed by atoms with Gasteiger partial charge >= 0.3 is 6.18 Å². The topological polar surface area (TPSA) is 43.1 Å². The van der Waals surface area contributed by atoms with Gasteiger partial charge in [-0.2, -0.15) is 13.2 Å². The molecule has 0 bridgehead atoms. The van der Waals surface area contributed by atoms with Crippen LogP contribution in [0.25, 0.3) is 0 Å². The van der Waals surface area contributed by atoms with Gasteiger partial charge < -0.3 is 0 Å². The van der Waals surface area contributed by atoms with Gasteiger partial charge in [-0.1, -0.05) is 11.6 Å². The Morgan fingerprint density at radius 2 is 1.93 bits per heavy atom. The van der Waals surface area contributed by atoms with Crippen LogP contribution in [0.4, 0.5) is 18.9 Å². The van der Waals surface area contributed by atoms with Crippen LogP contribution in [0.5, 0.6) is 0 Å². The average Bonchev–Trinajstić information content (AvgIpc) is 2.00. The molecule has 0 aliphatic carbocycles. The van der Waals surface area contributed by atoms with E-state index in [0.717, 1.165) is 19.1 Å². The van der Waals surface area contributed by atoms with Crippen molar-refractivity contribution in [1.82, 2.24) is 0 Å². The lowest BCUT2D eigenvalue weighted by molar-refractivity contribution is -0.385. The standard InChI is InChI=1S/C8H5ClF3NO2/c1-4-6(13(14)15)3-2-5(9)7(4)8(10,11)12/h2-3H,1H3. The van der Waals surface area contributed by atoms with Crippen LogP contribution < -0.4 is 0 Å². The molecule has 3 nitrogen and oxygen atoms in total. The molecule has 0 radical (unpaired) electrons. The van der Waals surface area contributed by atoms with Crippen molar-refractivity contribution in [2.45, 2.75) is 13.1 Å². The van der Waals surface area contributed by atoms with E-state index in [9.17, 15) is 23.3 Å². The van der Waals surface area contributed by atoms with Gasteiger partial charge in [-0.15, -0.1) is 0 Å². The second kappa shape index (κ2) is 3.69. The van der Waals surface area contributed by atoms with Crippen molar-refractivity contribution in [2.75, 3.05) is 0 Å². The summed E-state index contributed by atoms with van der Waals surface area (Å²) in [6.45, 7) is 1.02. The molecule has 1 aromatic rings. The first-order valence-corrected chi connectivity index (χ1v) is 4.13. The summed E-state index contributed by atoms with van der Waals surface area (Å²) in [6.07, 6.45) is -4.69. The zero-order valence-corrected chi connectivity index (χ0v) is 8.19. The highest BCUT2D eigenvalue weighted by atomic mass is 35.5. The van der Waals surface area contributed by atoms with Crippen LogP contribution in [0, 0.1) is 17.0 Å². The molecule has 1 aromatic carbocycles. The SMILES string of the molecule is Cc1c([N+](=O)[O-])ccc(Cl)c1C(F)(F)F. The lowest BCUT2D eigenvalue weighted by atomic mass is 10.1. The smallest absolute Gasteiger partial charge is 0.258 e. The molecule has 0 saturated carbocycles. The summed E-state index contributed by atoms with van der Waals surface area (Å²) < 4.78 is 37.3. The molecule has 15 heavy (non-hydrogen) atoms. The van der Waals surface area contributed by atoms with E-state index >= 15 is 0 Å². The molecule has 0 heterocycles. The van der Waals surface area contributed by atoms with Crippen LogP contribution in [0.2, 0.25) is 5.02 Å². The van der Waals surface area contributed by atoms with E-state index in [1.54, 1.807) is 0 Å². The lowest BCUT2D eigenvalue weighted by Gasteiger charge is -2.11. The van der Waals surface area contributed by atoms with Gasteiger partial charge in [0.25, 0.3) is 5.69 Å². The number of nitro benzene ring substituents is 1. The third-order valence-corrected chi connectivity index (χ3v) is 2.18. The van der Waals surface area contributed by atoms with E-state index in [1.165, 1.54) is 0 Å². The van der Waals surface area contributed by atoms with Crippen molar-refractivity contribution in [3.05, 3.63) is 38.4 Å². The van der Waals surface area contributed by atoms with Gasteiger partial charge in [0.15, 0.2) is 0 Å². The third-order valence-electron chi connectivity index (χ3n) is 1.87. The van der Waals surface area contributed by atoms with Crippen LogP contribution >= 0.6 is 11.6 Å². The molecule has 0 saturated heterocycles. The minimum absolute atomic E-state index is 0.472. The van der Waals surface area contributed by atoms with Crippen molar-refractivity contribution < 1.29 is 18.1 Å². The van der Waals surface area contributed by atoms with Gasteiger partial charge in [0.05, 0.1) is 15.5 Å². The number of nitro groups is 1. The number of hydrogen-bond donors (Lipinski definition) is 0. The van der Waals surface area contributed by atoms with Gasteiger partial charge in [-0.25, -0.2) is 0 Å². The molecule has 82 valence electrons. The van der Waals surface area contributed by atoms with Crippen LogP contribution in [0.15, 0.2) is 12.1 Å². The fraction of sp³-hybridized carbons (Fsp3) is 0.250. The fourth-order valence-electron chi connectivity index (χ4n) is 1.21. The van der Waals surface area contributed by atoms with E-state index in [4.69, 9.17) is 11.6 Å². The minimum Gasteiger partial charge on any atom is -0.258 e. The highest BCUT2D eigenvalue weighted by Crippen LogP contribution is 2.39. The van der Waals surface area contributed by atoms with Crippen molar-refractivity contribution in [3.63, 3.8) is 0 Å². The molecule has 0 unspecified atom stereocenters. The number of alkyl halides is 3. The quantitative estimate of drug-likeness (QED) is 0.555. The van der Waals surface area contributed by atoms with Crippen molar-refractivity contribution in [2.24, 2.45) is 0 Å². The van der Waals surface area contributed by atoms with Gasteiger partial charge in [0, 0.05) is 11.6 Å². The Hall–Kier alpha value is -1.30. The Labute approximate surface area is 87.6 Å². The normalized spacial score (nSPS) is 11.5. The lowest BCUT2D eigenvalue weighted by Crippen LogP contribution is -2.10. The van der Waals surface area contributed by atoms with Gasteiger partial charge in [-0.3, -0.25) is 10.1 Å². The molecule has 0 amide bonds. The summed E-state index contributed by atoms with van der Waals surface area (Å²) in [5, 5.41) is 9.87. The van der Waals surface area contributed by atoms with E-state index in [1.807, 2.05) is 0 Å². The number of nitrogens with zero attached hydrogens (tertiary/aromatic N) is 1. The maximum absolute atomic E-state index is 12.4. The molecular weight excluding hydrogens is 235 g/mol. The molecule has 0 atom stereocenters. The number of hydrogen-bond acceptors (Lipinski definition) is 2. The Kier molecular flexibility index (Phi) is 2.90. The first kappa shape index (κ1) is 11.8. The van der Waals surface area contributed by atoms with E-state index in [2.05, 4.69) is 0 Å². The zero-order chi connectivity index (χ0) is 11.8. The molecule has 1 rings (SSSR count). The zero-order valence-electron chi connectivity index (χ0n) is 7.43. The number of rotatable bonds is 1. The molecule has 0 aromatic heterocycles. The van der Waals surface area contributed by atoms with Crippen LogP contribution in [0.3, 0.4) is 0 Å². The number of halogens is 4. The maximum atomic E-state index is 12.4. The van der Waals surface area contributed by atoms with E-state index in [-0.39, 0.29) is 0 Å². The largest absolute Gasteiger partial charge is 0.418 e. The fourth-order valence-corrected chi connectivity index (χ4v) is 1.53. The summed E-state index contributed by atoms with van der Waals surface area (Å²) in [7, 11) is 0. The molecular formula is C8H5ClF3NO2. The average molecular weight is 240 g/mol. The molecule has 0 aliphatic heterocycles. The predicted octanol–water partition coefficient (Wildman–Crippen LogP) is 3.58. The monoisotopic (exact) mass is 239 g/mol. The Morgan fingerprint density at radius 1 is 1.40 bits per heavy atom. The van der Waals surface area contributed by atoms with Gasteiger partial charge in [-0.05, 0) is 13.0 Å². The predicted molar refractivity (Wildman–Crippen MR) is 47.8 cm³/mol. The Morgan fingerprint density at radius 3 is 2.33 bits per heavy atom. The Balaban J connectivity index is 3.51. The summed E-state index contributed by atoms with van der Waals surface area (Å²) in [6, 6.07) is 1.82. The van der Waals surface area contributed by atoms with Crippen LogP contribution in [-0.2, 0) is 6.18 Å². The van der Waals surface area contributed by atoms with Crippen molar-refractivity contribution in [1.29, 1.82) is 0 Å². The Bertz CT molecular complexity index is 417. The molecule has 0 aliphatic rings. The van der Waals surface area contributed by atoms with Gasteiger partial charge in [0.2, 0.25) is 0 Å². The second-order valence-electron chi connectivity index (χ2n) is 2.82. The minimum atomic E-state index is -4.69. The maximum Gasteiger partial charge on any atom is 0.418 e. The van der Waals surface area contributed by atoms with Crippen molar-refractivity contribution in [3.8, 4) is 0 Å². The first-order valence-electron chi connectivity index (χ1n) is 3.76. The summed E-state index contributed by atoms with van der Waals surface area (Å²) in [4.78, 5) is 9.53. The summed E-state index contributed by atoms with van der Waals surface area (Å²) in [5.74, 6) is 0. The number of benzene rings is 1. The van der Waals surface area contributed by atoms with Crippen LogP contribution in [-0.4, -0.2) is 4.92 Å². The highest BCUT2D eigenvalue weighted by Gasteiger charge is 2.37. The second-order valence-corrected chi connectivity index (χ2v) is 3.23. The molecule has 0 fully saturated rings. The third kappa shape index (κ3) is 2.20. The summed E-state index contributed by atoms with van der Waals surface area (Å²) >= 11 is 5.35. The highest BCUT2D eigenvalue weighted by molar-refractivity contribution is 6.31. The molecule has 0 spiro atoms. The van der Waals surface area contributed by atoms with Gasteiger partial charge in [0.1, 0.15) is 0 Å².